The molecule has 0 saturated carbocycles. The van der Waals surface area contributed by atoms with Gasteiger partial charge >= 0.3 is 0 Å². The molecular formula is C18H19BrO2. The molecule has 0 bridgehead atoms. The first-order chi connectivity index (χ1) is 10.1. The van der Waals surface area contributed by atoms with Crippen LogP contribution in [0.15, 0.2) is 36.4 Å². The smallest absolute Gasteiger partial charge is 0.123 e. The van der Waals surface area contributed by atoms with Gasteiger partial charge in [-0.3, -0.25) is 0 Å². The molecule has 3 heteroatoms. The lowest BCUT2D eigenvalue weighted by Gasteiger charge is -2.14. The van der Waals surface area contributed by atoms with Crippen LogP contribution in [0.4, 0.5) is 0 Å². The number of benzene rings is 2. The first kappa shape index (κ1) is 14.5. The number of aryl methyl sites for hydroxylation is 1. The summed E-state index contributed by atoms with van der Waals surface area (Å²) >= 11 is 3.81. The van der Waals surface area contributed by atoms with E-state index in [0.29, 0.717) is 0 Å². The largest absolute Gasteiger partial charge is 0.496 e. The van der Waals surface area contributed by atoms with Crippen LogP contribution in [0, 0.1) is 6.92 Å². The Morgan fingerprint density at radius 3 is 2.67 bits per heavy atom. The standard InChI is InChI=1S/C18H19BrO2/c1-11-4-5-14(10-17(11)20-3)18(19)13-6-7-16-15(9-13)8-12(2)21-16/h4-7,9-10,12,18H,8H2,1-3H3. The van der Waals surface area contributed by atoms with Gasteiger partial charge in [0.15, 0.2) is 0 Å². The molecule has 1 aliphatic rings. The Bertz CT molecular complexity index is 666. The SMILES string of the molecule is COc1cc(C(Br)c2ccc3c(c2)CC(C)O3)ccc1C. The second-order valence-corrected chi connectivity index (χ2v) is 6.51. The number of hydrogen-bond donors (Lipinski definition) is 0. The van der Waals surface area contributed by atoms with Gasteiger partial charge in [-0.25, -0.2) is 0 Å². The predicted octanol–water partition coefficient (Wildman–Crippen LogP) is 4.81. The zero-order chi connectivity index (χ0) is 15.0. The molecule has 0 fully saturated rings. The van der Waals surface area contributed by atoms with Crippen molar-refractivity contribution in [3.63, 3.8) is 0 Å². The van der Waals surface area contributed by atoms with Gasteiger partial charge in [0, 0.05) is 6.42 Å². The molecule has 21 heavy (non-hydrogen) atoms. The van der Waals surface area contributed by atoms with E-state index in [1.54, 1.807) is 7.11 Å². The first-order valence-corrected chi connectivity index (χ1v) is 8.08. The van der Waals surface area contributed by atoms with Crippen molar-refractivity contribution in [2.24, 2.45) is 0 Å². The number of methoxy groups -OCH3 is 1. The Morgan fingerprint density at radius 1 is 1.19 bits per heavy atom. The number of alkyl halides is 1. The lowest BCUT2D eigenvalue weighted by atomic mass is 10.00. The van der Waals surface area contributed by atoms with Crippen molar-refractivity contribution >= 4 is 15.9 Å². The van der Waals surface area contributed by atoms with Gasteiger partial charge in [0.25, 0.3) is 0 Å². The molecule has 110 valence electrons. The van der Waals surface area contributed by atoms with E-state index in [2.05, 4.69) is 66.2 Å². The highest BCUT2D eigenvalue weighted by atomic mass is 79.9. The number of fused-ring (bicyclic) bond motifs is 1. The summed E-state index contributed by atoms with van der Waals surface area (Å²) in [6, 6.07) is 12.8. The lowest BCUT2D eigenvalue weighted by molar-refractivity contribution is 0.254. The van der Waals surface area contributed by atoms with Crippen LogP contribution < -0.4 is 9.47 Å². The van der Waals surface area contributed by atoms with Gasteiger partial charge in [0.2, 0.25) is 0 Å². The van der Waals surface area contributed by atoms with E-state index in [1.807, 2.05) is 0 Å². The van der Waals surface area contributed by atoms with Crippen LogP contribution in [0.2, 0.25) is 0 Å². The minimum Gasteiger partial charge on any atom is -0.496 e. The van der Waals surface area contributed by atoms with E-state index in [9.17, 15) is 0 Å². The van der Waals surface area contributed by atoms with Crippen molar-refractivity contribution in [2.75, 3.05) is 7.11 Å². The van der Waals surface area contributed by atoms with Crippen LogP contribution in [0.1, 0.15) is 34.0 Å². The van der Waals surface area contributed by atoms with Crippen LogP contribution >= 0.6 is 15.9 Å². The fourth-order valence-corrected chi connectivity index (χ4v) is 3.36. The minimum absolute atomic E-state index is 0.160. The molecule has 2 aromatic rings. The highest BCUT2D eigenvalue weighted by Crippen LogP contribution is 2.37. The van der Waals surface area contributed by atoms with Crippen molar-refractivity contribution in [3.05, 3.63) is 58.7 Å². The van der Waals surface area contributed by atoms with Gasteiger partial charge in [0.1, 0.15) is 17.6 Å². The third kappa shape index (κ3) is 2.80. The molecule has 1 heterocycles. The molecule has 1 aliphatic heterocycles. The topological polar surface area (TPSA) is 18.5 Å². The van der Waals surface area contributed by atoms with E-state index in [-0.39, 0.29) is 10.9 Å². The summed E-state index contributed by atoms with van der Waals surface area (Å²) in [6.07, 6.45) is 1.27. The molecule has 0 spiro atoms. The van der Waals surface area contributed by atoms with Crippen molar-refractivity contribution < 1.29 is 9.47 Å². The van der Waals surface area contributed by atoms with Crippen LogP contribution in [0.25, 0.3) is 0 Å². The van der Waals surface area contributed by atoms with E-state index >= 15 is 0 Å². The molecule has 0 aromatic heterocycles. The van der Waals surface area contributed by atoms with Crippen molar-refractivity contribution in [3.8, 4) is 11.5 Å². The molecule has 2 nitrogen and oxygen atoms in total. The zero-order valence-corrected chi connectivity index (χ0v) is 14.1. The van der Waals surface area contributed by atoms with E-state index in [1.165, 1.54) is 16.7 Å². The lowest BCUT2D eigenvalue weighted by Crippen LogP contribution is -2.05. The maximum Gasteiger partial charge on any atom is 0.123 e. The minimum atomic E-state index is 0.160. The Morgan fingerprint density at radius 2 is 1.90 bits per heavy atom. The van der Waals surface area contributed by atoms with E-state index in [0.717, 1.165) is 23.5 Å². The monoisotopic (exact) mass is 346 g/mol. The van der Waals surface area contributed by atoms with Gasteiger partial charge in [-0.1, -0.05) is 40.2 Å². The molecule has 3 rings (SSSR count). The Hall–Kier alpha value is -1.48. The highest BCUT2D eigenvalue weighted by molar-refractivity contribution is 9.09. The molecule has 2 aromatic carbocycles. The Balaban J connectivity index is 1.92. The maximum absolute atomic E-state index is 5.76. The normalized spacial score (nSPS) is 18.0. The molecule has 2 atom stereocenters. The summed E-state index contributed by atoms with van der Waals surface area (Å²) in [5, 5.41) is 0. The summed E-state index contributed by atoms with van der Waals surface area (Å²) < 4.78 is 11.2. The number of ether oxygens (including phenoxy) is 2. The van der Waals surface area contributed by atoms with Crippen LogP contribution in [0.5, 0.6) is 11.5 Å². The second kappa shape index (κ2) is 5.72. The maximum atomic E-state index is 5.76. The van der Waals surface area contributed by atoms with Gasteiger partial charge in [-0.05, 0) is 48.2 Å². The van der Waals surface area contributed by atoms with Crippen LogP contribution in [0.3, 0.4) is 0 Å². The molecule has 0 N–H and O–H groups in total. The predicted molar refractivity (Wildman–Crippen MR) is 88.7 cm³/mol. The number of rotatable bonds is 3. The quantitative estimate of drug-likeness (QED) is 0.742. The van der Waals surface area contributed by atoms with Crippen molar-refractivity contribution in [1.82, 2.24) is 0 Å². The van der Waals surface area contributed by atoms with Gasteiger partial charge in [-0.2, -0.15) is 0 Å². The number of halogens is 1. The summed E-state index contributed by atoms with van der Waals surface area (Å²) in [6.45, 7) is 4.16. The Kier molecular flexibility index (Phi) is 3.94. The van der Waals surface area contributed by atoms with Crippen LogP contribution in [-0.4, -0.2) is 13.2 Å². The molecule has 0 aliphatic carbocycles. The van der Waals surface area contributed by atoms with Gasteiger partial charge < -0.3 is 9.47 Å². The Labute approximate surface area is 134 Å². The fourth-order valence-electron chi connectivity index (χ4n) is 2.79. The third-order valence-electron chi connectivity index (χ3n) is 3.94. The molecular weight excluding hydrogens is 328 g/mol. The fraction of sp³-hybridized carbons (Fsp3) is 0.333. The molecule has 2 unspecified atom stereocenters. The van der Waals surface area contributed by atoms with Crippen molar-refractivity contribution in [2.45, 2.75) is 31.2 Å². The third-order valence-corrected chi connectivity index (χ3v) is 4.99. The molecule has 0 amide bonds. The van der Waals surface area contributed by atoms with Crippen molar-refractivity contribution in [1.29, 1.82) is 0 Å². The summed E-state index contributed by atoms with van der Waals surface area (Å²) in [5.41, 5.74) is 4.89. The van der Waals surface area contributed by atoms with Gasteiger partial charge in [0.05, 0.1) is 11.9 Å². The second-order valence-electron chi connectivity index (χ2n) is 5.59. The first-order valence-electron chi connectivity index (χ1n) is 7.16. The number of hydrogen-bond acceptors (Lipinski definition) is 2. The molecule has 0 saturated heterocycles. The molecule has 0 radical (unpaired) electrons. The van der Waals surface area contributed by atoms with Crippen LogP contribution in [-0.2, 0) is 6.42 Å². The zero-order valence-electron chi connectivity index (χ0n) is 12.5. The summed E-state index contributed by atoms with van der Waals surface area (Å²) in [7, 11) is 1.71. The van der Waals surface area contributed by atoms with E-state index in [4.69, 9.17) is 9.47 Å². The van der Waals surface area contributed by atoms with Gasteiger partial charge in [-0.15, -0.1) is 0 Å². The van der Waals surface area contributed by atoms with E-state index < -0.39 is 0 Å². The summed E-state index contributed by atoms with van der Waals surface area (Å²) in [5.74, 6) is 1.95. The highest BCUT2D eigenvalue weighted by Gasteiger charge is 2.21. The summed E-state index contributed by atoms with van der Waals surface area (Å²) in [4.78, 5) is 0.160. The average molecular weight is 347 g/mol. The average Bonchev–Trinajstić information content (AvgIpc) is 2.86.